The van der Waals surface area contributed by atoms with Gasteiger partial charge in [-0.3, -0.25) is 14.5 Å². The second kappa shape index (κ2) is 8.78. The van der Waals surface area contributed by atoms with Crippen LogP contribution in [0, 0.1) is 19.3 Å². The molecule has 0 bridgehead atoms. The van der Waals surface area contributed by atoms with E-state index in [1.165, 1.54) is 11.2 Å². The molecule has 0 aromatic carbocycles. The summed E-state index contributed by atoms with van der Waals surface area (Å²) in [4.78, 5) is 31.1. The second-order valence-corrected chi connectivity index (χ2v) is 7.24. The maximum Gasteiger partial charge on any atom is 0.291 e. The quantitative estimate of drug-likeness (QED) is 0.600. The number of amides is 2. The number of nitrogens with zero attached hydrogens (tertiary/aromatic N) is 6. The van der Waals surface area contributed by atoms with Gasteiger partial charge in [0.25, 0.3) is 11.8 Å². The molecule has 0 saturated heterocycles. The minimum atomic E-state index is -0.676. The SMILES string of the molecule is C#C/C=C\C=C(/C)[C@@H](C)n1cnc(C(=O)N[C@H]2CCn3nc(C)cc3N(C)C2=O)n1. The van der Waals surface area contributed by atoms with Crippen LogP contribution in [0.2, 0.25) is 0 Å². The molecular weight excluding hydrogens is 382 g/mol. The first kappa shape index (κ1) is 21.0. The molecular formula is C21H25N7O2. The van der Waals surface area contributed by atoms with Crippen LogP contribution >= 0.6 is 0 Å². The molecule has 0 spiro atoms. The first-order chi connectivity index (χ1) is 14.3. The predicted molar refractivity (Wildman–Crippen MR) is 113 cm³/mol. The van der Waals surface area contributed by atoms with E-state index in [-0.39, 0.29) is 17.8 Å². The number of rotatable bonds is 5. The van der Waals surface area contributed by atoms with E-state index in [0.717, 1.165) is 11.3 Å². The maximum atomic E-state index is 12.8. The van der Waals surface area contributed by atoms with E-state index in [2.05, 4.69) is 26.4 Å². The van der Waals surface area contributed by atoms with Gasteiger partial charge in [0.1, 0.15) is 18.2 Å². The minimum Gasteiger partial charge on any atom is -0.337 e. The van der Waals surface area contributed by atoms with Gasteiger partial charge < -0.3 is 5.32 Å². The number of allylic oxidation sites excluding steroid dienone is 4. The Hall–Kier alpha value is -3.67. The van der Waals surface area contributed by atoms with Crippen molar-refractivity contribution in [2.45, 2.75) is 45.8 Å². The van der Waals surface area contributed by atoms with E-state index >= 15 is 0 Å². The number of hydrogen-bond donors (Lipinski definition) is 1. The average molecular weight is 407 g/mol. The third kappa shape index (κ3) is 4.33. The third-order valence-electron chi connectivity index (χ3n) is 5.11. The van der Waals surface area contributed by atoms with Crippen molar-refractivity contribution >= 4 is 17.6 Å². The van der Waals surface area contributed by atoms with Crippen LogP contribution in [-0.2, 0) is 11.3 Å². The largest absolute Gasteiger partial charge is 0.337 e. The van der Waals surface area contributed by atoms with E-state index in [4.69, 9.17) is 6.42 Å². The molecule has 3 heterocycles. The number of aryl methyl sites for hydroxylation is 2. The Labute approximate surface area is 175 Å². The number of terminal acetylenes is 1. The summed E-state index contributed by atoms with van der Waals surface area (Å²) in [7, 11) is 1.68. The molecule has 1 aliphatic rings. The van der Waals surface area contributed by atoms with Crippen LogP contribution in [0.3, 0.4) is 0 Å². The van der Waals surface area contributed by atoms with Crippen LogP contribution in [0.1, 0.15) is 42.6 Å². The summed E-state index contributed by atoms with van der Waals surface area (Å²) in [5.41, 5.74) is 1.85. The summed E-state index contributed by atoms with van der Waals surface area (Å²) in [6.07, 6.45) is 12.4. The van der Waals surface area contributed by atoms with Crippen LogP contribution in [-0.4, -0.2) is 49.4 Å². The lowest BCUT2D eigenvalue weighted by molar-refractivity contribution is -0.120. The van der Waals surface area contributed by atoms with Gasteiger partial charge in [-0.15, -0.1) is 11.5 Å². The molecule has 1 N–H and O–H groups in total. The maximum absolute atomic E-state index is 12.8. The van der Waals surface area contributed by atoms with Crippen molar-refractivity contribution < 1.29 is 9.59 Å². The Morgan fingerprint density at radius 1 is 1.43 bits per heavy atom. The zero-order chi connectivity index (χ0) is 21.8. The highest BCUT2D eigenvalue weighted by Gasteiger charge is 2.31. The van der Waals surface area contributed by atoms with Gasteiger partial charge in [0.2, 0.25) is 5.82 Å². The van der Waals surface area contributed by atoms with Gasteiger partial charge in [0, 0.05) is 19.7 Å². The molecule has 1 aliphatic heterocycles. The molecule has 30 heavy (non-hydrogen) atoms. The number of likely N-dealkylation sites (N-methyl/N-ethyl adjacent to an activating group) is 1. The van der Waals surface area contributed by atoms with Crippen molar-refractivity contribution in [1.82, 2.24) is 29.9 Å². The highest BCUT2D eigenvalue weighted by atomic mass is 16.2. The number of aromatic nitrogens is 5. The lowest BCUT2D eigenvalue weighted by atomic mass is 10.1. The number of carbonyl (C=O) groups excluding carboxylic acids is 2. The summed E-state index contributed by atoms with van der Waals surface area (Å²) >= 11 is 0. The molecule has 9 heteroatoms. The Morgan fingerprint density at radius 3 is 2.93 bits per heavy atom. The molecule has 2 aromatic rings. The van der Waals surface area contributed by atoms with Gasteiger partial charge in [0.15, 0.2) is 0 Å². The van der Waals surface area contributed by atoms with Crippen molar-refractivity contribution in [3.8, 4) is 12.3 Å². The highest BCUT2D eigenvalue weighted by Crippen LogP contribution is 2.21. The Balaban J connectivity index is 1.69. The van der Waals surface area contributed by atoms with Gasteiger partial charge >= 0.3 is 0 Å². The van der Waals surface area contributed by atoms with E-state index in [0.29, 0.717) is 18.8 Å². The lowest BCUT2D eigenvalue weighted by Crippen LogP contribution is -2.47. The van der Waals surface area contributed by atoms with E-state index in [1.807, 2.05) is 32.9 Å². The van der Waals surface area contributed by atoms with Crippen LogP contribution in [0.5, 0.6) is 0 Å². The van der Waals surface area contributed by atoms with Crippen molar-refractivity contribution in [3.05, 3.63) is 47.7 Å². The fourth-order valence-electron chi connectivity index (χ4n) is 3.21. The first-order valence-electron chi connectivity index (χ1n) is 9.65. The van der Waals surface area contributed by atoms with Crippen LogP contribution in [0.25, 0.3) is 0 Å². The number of nitrogens with one attached hydrogen (secondary N) is 1. The van der Waals surface area contributed by atoms with Crippen molar-refractivity contribution in [3.63, 3.8) is 0 Å². The van der Waals surface area contributed by atoms with Crippen molar-refractivity contribution in [2.24, 2.45) is 0 Å². The van der Waals surface area contributed by atoms with Crippen LogP contribution < -0.4 is 10.2 Å². The minimum absolute atomic E-state index is 0.0158. The predicted octanol–water partition coefficient (Wildman–Crippen LogP) is 1.64. The number of fused-ring (bicyclic) bond motifs is 1. The summed E-state index contributed by atoms with van der Waals surface area (Å²) in [5, 5.41) is 11.4. The molecule has 9 nitrogen and oxygen atoms in total. The van der Waals surface area contributed by atoms with Gasteiger partial charge in [0.05, 0.1) is 11.7 Å². The zero-order valence-electron chi connectivity index (χ0n) is 17.5. The molecule has 156 valence electrons. The van der Waals surface area contributed by atoms with Crippen LogP contribution in [0.15, 0.2) is 36.2 Å². The first-order valence-corrected chi connectivity index (χ1v) is 9.65. The smallest absolute Gasteiger partial charge is 0.291 e. The fraction of sp³-hybridized carbons (Fsp3) is 0.381. The summed E-state index contributed by atoms with van der Waals surface area (Å²) < 4.78 is 3.38. The van der Waals surface area contributed by atoms with E-state index < -0.39 is 11.9 Å². The molecule has 0 radical (unpaired) electrons. The van der Waals surface area contributed by atoms with E-state index in [1.54, 1.807) is 28.6 Å². The lowest BCUT2D eigenvalue weighted by Gasteiger charge is -2.19. The van der Waals surface area contributed by atoms with Gasteiger partial charge in [-0.2, -0.15) is 5.10 Å². The Bertz CT molecular complexity index is 1050. The molecule has 0 aliphatic carbocycles. The molecule has 2 atom stereocenters. The molecule has 0 fully saturated rings. The number of anilines is 1. The molecule has 2 aromatic heterocycles. The van der Waals surface area contributed by atoms with Gasteiger partial charge in [-0.1, -0.05) is 18.1 Å². The van der Waals surface area contributed by atoms with Gasteiger partial charge in [-0.05, 0) is 38.8 Å². The highest BCUT2D eigenvalue weighted by molar-refractivity contribution is 6.00. The number of hydrogen-bond acceptors (Lipinski definition) is 5. The van der Waals surface area contributed by atoms with Crippen LogP contribution in [0.4, 0.5) is 5.82 Å². The van der Waals surface area contributed by atoms with E-state index in [9.17, 15) is 9.59 Å². The number of carbonyl (C=O) groups is 2. The molecule has 2 amide bonds. The van der Waals surface area contributed by atoms with Crippen molar-refractivity contribution in [1.29, 1.82) is 0 Å². The summed E-state index contributed by atoms with van der Waals surface area (Å²) in [6, 6.07) is 1.07. The standard InChI is InChI=1S/C21H25N7O2/c1-6-7-8-9-14(2)16(4)28-13-22-19(25-28)20(29)23-17-10-11-27-18(12-15(3)24-27)26(5)21(17)30/h1,7-9,12-13,16-17H,10-11H2,2-5H3,(H,23,29)/b8-7-,14-9+/t16-,17+/m1/s1. The summed E-state index contributed by atoms with van der Waals surface area (Å²) in [6.45, 7) is 6.29. The summed E-state index contributed by atoms with van der Waals surface area (Å²) in [5.74, 6) is 2.47. The average Bonchev–Trinajstić information content (AvgIpc) is 3.34. The zero-order valence-corrected chi connectivity index (χ0v) is 17.5. The second-order valence-electron chi connectivity index (χ2n) is 7.24. The fourth-order valence-corrected chi connectivity index (χ4v) is 3.21. The normalized spacial score (nSPS) is 18.1. The third-order valence-corrected chi connectivity index (χ3v) is 5.11. The molecule has 3 rings (SSSR count). The van der Waals surface area contributed by atoms with Gasteiger partial charge in [-0.25, -0.2) is 14.3 Å². The molecule has 0 saturated carbocycles. The Morgan fingerprint density at radius 2 is 2.20 bits per heavy atom. The molecule has 0 unspecified atom stereocenters. The van der Waals surface area contributed by atoms with Crippen molar-refractivity contribution in [2.75, 3.05) is 11.9 Å². The topological polar surface area (TPSA) is 97.9 Å². The monoisotopic (exact) mass is 407 g/mol. The Kier molecular flexibility index (Phi) is 6.16.